The second-order valence-electron chi connectivity index (χ2n) is 5.08. The van der Waals surface area contributed by atoms with E-state index in [2.05, 4.69) is 4.98 Å². The maximum absolute atomic E-state index is 12.8. The molecule has 4 nitrogen and oxygen atoms in total. The van der Waals surface area contributed by atoms with Gasteiger partial charge >= 0.3 is 0 Å². The van der Waals surface area contributed by atoms with Crippen LogP contribution >= 0.6 is 11.8 Å². The van der Waals surface area contributed by atoms with E-state index in [1.54, 1.807) is 6.20 Å². The number of benzene rings is 1. The van der Waals surface area contributed by atoms with Gasteiger partial charge in [0.15, 0.2) is 0 Å². The van der Waals surface area contributed by atoms with E-state index < -0.39 is 0 Å². The summed E-state index contributed by atoms with van der Waals surface area (Å²) >= 11 is 1.50. The van der Waals surface area contributed by atoms with Gasteiger partial charge in [0, 0.05) is 12.7 Å². The smallest absolute Gasteiger partial charge is 0.256 e. The number of rotatable bonds is 3. The first-order valence-electron chi connectivity index (χ1n) is 7.24. The van der Waals surface area contributed by atoms with E-state index in [0.717, 1.165) is 10.6 Å². The molecule has 1 aromatic carbocycles. The predicted octanol–water partition coefficient (Wildman–Crippen LogP) is 3.02. The number of carbonyl (C=O) groups is 1. The van der Waals surface area contributed by atoms with Crippen LogP contribution in [0.15, 0.2) is 53.7 Å². The fraction of sp³-hybridized carbons (Fsp3) is 0.294. The molecule has 114 valence electrons. The van der Waals surface area contributed by atoms with Crippen molar-refractivity contribution in [1.82, 2.24) is 9.88 Å². The minimum Gasteiger partial charge on any atom is -0.370 e. The molecule has 1 amide bonds. The van der Waals surface area contributed by atoms with Crippen LogP contribution < -0.4 is 0 Å². The second-order valence-corrected chi connectivity index (χ2v) is 5.88. The number of pyridine rings is 1. The number of nitrogens with zero attached hydrogens (tertiary/aromatic N) is 2. The molecule has 3 rings (SSSR count). The topological polar surface area (TPSA) is 42.4 Å². The van der Waals surface area contributed by atoms with Crippen molar-refractivity contribution in [2.45, 2.75) is 11.1 Å². The van der Waals surface area contributed by atoms with E-state index >= 15 is 0 Å². The number of morpholine rings is 1. The van der Waals surface area contributed by atoms with Crippen LogP contribution in [0.3, 0.4) is 0 Å². The van der Waals surface area contributed by atoms with E-state index in [-0.39, 0.29) is 12.0 Å². The van der Waals surface area contributed by atoms with Gasteiger partial charge in [0.25, 0.3) is 5.91 Å². The molecule has 2 heterocycles. The minimum absolute atomic E-state index is 0.0293. The number of hydrogen-bond donors (Lipinski definition) is 0. The Labute approximate surface area is 134 Å². The highest BCUT2D eigenvalue weighted by Crippen LogP contribution is 2.25. The van der Waals surface area contributed by atoms with Crippen molar-refractivity contribution >= 4 is 17.7 Å². The van der Waals surface area contributed by atoms with Crippen molar-refractivity contribution in [3.05, 3.63) is 59.8 Å². The summed E-state index contributed by atoms with van der Waals surface area (Å²) in [4.78, 5) is 18.9. The Morgan fingerprint density at radius 2 is 2.09 bits per heavy atom. The van der Waals surface area contributed by atoms with Crippen LogP contribution in [0.5, 0.6) is 0 Å². The first-order chi connectivity index (χ1) is 10.8. The van der Waals surface area contributed by atoms with Gasteiger partial charge in [-0.15, -0.1) is 11.8 Å². The Hall–Kier alpha value is -1.85. The third-order valence-electron chi connectivity index (χ3n) is 3.72. The summed E-state index contributed by atoms with van der Waals surface area (Å²) in [5.74, 6) is 0.0293. The molecule has 1 fully saturated rings. The molecule has 1 atom stereocenters. The average molecular weight is 314 g/mol. The average Bonchev–Trinajstić information content (AvgIpc) is 2.62. The lowest BCUT2D eigenvalue weighted by Crippen LogP contribution is -2.42. The second kappa shape index (κ2) is 6.94. The van der Waals surface area contributed by atoms with E-state index in [4.69, 9.17) is 4.74 Å². The van der Waals surface area contributed by atoms with E-state index in [9.17, 15) is 4.79 Å². The van der Waals surface area contributed by atoms with Gasteiger partial charge in [-0.3, -0.25) is 4.79 Å². The quantitative estimate of drug-likeness (QED) is 0.817. The number of aromatic nitrogens is 1. The minimum atomic E-state index is -0.0618. The number of amides is 1. The van der Waals surface area contributed by atoms with E-state index in [1.165, 1.54) is 11.8 Å². The first-order valence-corrected chi connectivity index (χ1v) is 8.47. The Kier molecular flexibility index (Phi) is 4.75. The lowest BCUT2D eigenvalue weighted by atomic mass is 10.1. The van der Waals surface area contributed by atoms with Gasteiger partial charge in [-0.05, 0) is 24.0 Å². The molecule has 0 aliphatic carbocycles. The maximum atomic E-state index is 12.8. The monoisotopic (exact) mass is 314 g/mol. The van der Waals surface area contributed by atoms with Gasteiger partial charge in [-0.25, -0.2) is 4.98 Å². The van der Waals surface area contributed by atoms with Crippen LogP contribution in [-0.4, -0.2) is 41.7 Å². The van der Waals surface area contributed by atoms with Gasteiger partial charge in [-0.1, -0.05) is 30.3 Å². The number of ether oxygens (including phenoxy) is 1. The molecule has 1 unspecified atom stereocenters. The van der Waals surface area contributed by atoms with Crippen molar-refractivity contribution in [2.24, 2.45) is 0 Å². The van der Waals surface area contributed by atoms with Crippen molar-refractivity contribution in [3.63, 3.8) is 0 Å². The Morgan fingerprint density at radius 3 is 2.86 bits per heavy atom. The fourth-order valence-corrected chi connectivity index (χ4v) is 3.13. The third kappa shape index (κ3) is 3.15. The third-order valence-corrected chi connectivity index (χ3v) is 4.43. The standard InChI is InChI=1S/C17H18N2O2S/c1-22-16-14(8-5-9-18-16)17(20)19-10-11-21-15(12-19)13-6-3-2-4-7-13/h2-9,15H,10-12H2,1H3. The van der Waals surface area contributed by atoms with Crippen LogP contribution in [0.1, 0.15) is 22.0 Å². The highest BCUT2D eigenvalue weighted by atomic mass is 32.2. The molecule has 1 saturated heterocycles. The molecule has 22 heavy (non-hydrogen) atoms. The highest BCUT2D eigenvalue weighted by Gasteiger charge is 2.27. The molecular weight excluding hydrogens is 296 g/mol. The molecule has 1 aliphatic heterocycles. The maximum Gasteiger partial charge on any atom is 0.256 e. The van der Waals surface area contributed by atoms with E-state index in [0.29, 0.717) is 25.3 Å². The Balaban J connectivity index is 1.78. The SMILES string of the molecule is CSc1ncccc1C(=O)N1CCOC(c2ccccc2)C1. The van der Waals surface area contributed by atoms with Crippen LogP contribution in [-0.2, 0) is 4.74 Å². The lowest BCUT2D eigenvalue weighted by molar-refractivity contribution is -0.0229. The Bertz CT molecular complexity index is 648. The fourth-order valence-electron chi connectivity index (χ4n) is 2.59. The zero-order valence-corrected chi connectivity index (χ0v) is 13.3. The summed E-state index contributed by atoms with van der Waals surface area (Å²) in [6.45, 7) is 1.75. The van der Waals surface area contributed by atoms with Crippen molar-refractivity contribution in [3.8, 4) is 0 Å². The molecule has 0 spiro atoms. The van der Waals surface area contributed by atoms with Crippen LogP contribution in [0.2, 0.25) is 0 Å². The zero-order chi connectivity index (χ0) is 15.4. The molecule has 0 radical (unpaired) electrons. The van der Waals surface area contributed by atoms with Crippen LogP contribution in [0, 0.1) is 0 Å². The largest absolute Gasteiger partial charge is 0.370 e. The molecule has 0 saturated carbocycles. The summed E-state index contributed by atoms with van der Waals surface area (Å²) in [5, 5.41) is 0.773. The highest BCUT2D eigenvalue weighted by molar-refractivity contribution is 7.98. The number of carbonyl (C=O) groups excluding carboxylic acids is 1. The van der Waals surface area contributed by atoms with E-state index in [1.807, 2.05) is 53.6 Å². The van der Waals surface area contributed by atoms with Crippen LogP contribution in [0.4, 0.5) is 0 Å². The predicted molar refractivity (Wildman–Crippen MR) is 87.1 cm³/mol. The normalized spacial score (nSPS) is 18.2. The molecule has 1 aliphatic rings. The molecule has 0 N–H and O–H groups in total. The van der Waals surface area contributed by atoms with Crippen molar-refractivity contribution < 1.29 is 9.53 Å². The molecule has 0 bridgehead atoms. The number of hydrogen-bond acceptors (Lipinski definition) is 4. The van der Waals surface area contributed by atoms with Crippen LogP contribution in [0.25, 0.3) is 0 Å². The first kappa shape index (κ1) is 15.1. The summed E-state index contributed by atoms with van der Waals surface area (Å²) in [7, 11) is 0. The number of thioether (sulfide) groups is 1. The van der Waals surface area contributed by atoms with Gasteiger partial charge < -0.3 is 9.64 Å². The summed E-state index contributed by atoms with van der Waals surface area (Å²) in [6, 6.07) is 13.7. The molecule has 5 heteroatoms. The van der Waals surface area contributed by atoms with Gasteiger partial charge in [-0.2, -0.15) is 0 Å². The van der Waals surface area contributed by atoms with Crippen molar-refractivity contribution in [2.75, 3.05) is 26.0 Å². The van der Waals surface area contributed by atoms with Gasteiger partial charge in [0.05, 0.1) is 18.7 Å². The van der Waals surface area contributed by atoms with Crippen molar-refractivity contribution in [1.29, 1.82) is 0 Å². The van der Waals surface area contributed by atoms with Gasteiger partial charge in [0.2, 0.25) is 0 Å². The zero-order valence-electron chi connectivity index (χ0n) is 12.4. The lowest BCUT2D eigenvalue weighted by Gasteiger charge is -2.33. The summed E-state index contributed by atoms with van der Waals surface area (Å²) in [5.41, 5.74) is 1.78. The molecular formula is C17H18N2O2S. The molecule has 1 aromatic heterocycles. The molecule has 2 aromatic rings. The van der Waals surface area contributed by atoms with Gasteiger partial charge in [0.1, 0.15) is 11.1 Å². The Morgan fingerprint density at radius 1 is 1.27 bits per heavy atom. The summed E-state index contributed by atoms with van der Waals surface area (Å²) in [6.07, 6.45) is 3.59. The summed E-state index contributed by atoms with van der Waals surface area (Å²) < 4.78 is 5.82.